The van der Waals surface area contributed by atoms with Crippen LogP contribution in [0.2, 0.25) is 0 Å². The van der Waals surface area contributed by atoms with E-state index >= 15 is 0 Å². The Bertz CT molecular complexity index is 1050. The van der Waals surface area contributed by atoms with Gasteiger partial charge in [-0.2, -0.15) is 0 Å². The molecule has 0 radical (unpaired) electrons. The molecule has 0 N–H and O–H groups in total. The lowest BCUT2D eigenvalue weighted by molar-refractivity contribution is 0.199. The second-order valence-corrected chi connectivity index (χ2v) is 8.26. The topological polar surface area (TPSA) is 30.9 Å². The lowest BCUT2D eigenvalue weighted by atomic mass is 9.66. The van der Waals surface area contributed by atoms with Crippen LogP contribution < -0.4 is 14.2 Å². The zero-order valence-electron chi connectivity index (χ0n) is 18.0. The number of ether oxygens (including phenoxy) is 3. The fourth-order valence-corrected chi connectivity index (χ4v) is 4.75. The summed E-state index contributed by atoms with van der Waals surface area (Å²) in [6.45, 7) is 2.63. The minimum Gasteiger partial charge on any atom is -0.497 e. The quantitative estimate of drug-likeness (QED) is 0.515. The number of piperidine rings is 1. The van der Waals surface area contributed by atoms with Crippen molar-refractivity contribution in [3.63, 3.8) is 0 Å². The van der Waals surface area contributed by atoms with Gasteiger partial charge in [0.15, 0.2) is 11.5 Å². The molecule has 2 aliphatic rings. The Labute approximate surface area is 190 Å². The minimum absolute atomic E-state index is 0. The van der Waals surface area contributed by atoms with Crippen LogP contribution in [0.4, 0.5) is 0 Å². The molecule has 5 rings (SSSR count). The van der Waals surface area contributed by atoms with E-state index in [0.717, 1.165) is 54.5 Å². The van der Waals surface area contributed by atoms with E-state index in [9.17, 15) is 0 Å². The molecule has 1 spiro atoms. The van der Waals surface area contributed by atoms with Gasteiger partial charge in [0.2, 0.25) is 0 Å². The predicted octanol–water partition coefficient (Wildman–Crippen LogP) is 5.81. The Morgan fingerprint density at radius 2 is 1.71 bits per heavy atom. The van der Waals surface area contributed by atoms with Gasteiger partial charge in [0.05, 0.1) is 7.11 Å². The number of nitrogens with zero attached hydrogens (tertiary/aromatic N) is 1. The molecule has 0 aromatic heterocycles. The van der Waals surface area contributed by atoms with Gasteiger partial charge in [-0.25, -0.2) is 0 Å². The van der Waals surface area contributed by atoms with Crippen LogP contribution in [-0.4, -0.2) is 32.1 Å². The third-order valence-corrected chi connectivity index (χ3v) is 6.49. The number of rotatable bonds is 4. The second-order valence-electron chi connectivity index (χ2n) is 8.26. The number of hydrogen-bond donors (Lipinski definition) is 0. The van der Waals surface area contributed by atoms with E-state index in [4.69, 9.17) is 14.2 Å². The highest BCUT2D eigenvalue weighted by molar-refractivity contribution is 5.85. The number of fused-ring (bicyclic) bond motifs is 4. The highest BCUT2D eigenvalue weighted by Gasteiger charge is 2.44. The minimum atomic E-state index is -0.0617. The number of halogens is 1. The van der Waals surface area contributed by atoms with Gasteiger partial charge in [0, 0.05) is 22.6 Å². The molecule has 0 aliphatic carbocycles. The normalized spacial score (nSPS) is 16.5. The predicted molar refractivity (Wildman–Crippen MR) is 125 cm³/mol. The van der Waals surface area contributed by atoms with E-state index in [0.29, 0.717) is 6.61 Å². The van der Waals surface area contributed by atoms with Crippen molar-refractivity contribution in [2.24, 2.45) is 0 Å². The molecule has 3 aromatic rings. The van der Waals surface area contributed by atoms with E-state index in [2.05, 4.69) is 42.3 Å². The van der Waals surface area contributed by atoms with Crippen LogP contribution in [0, 0.1) is 0 Å². The van der Waals surface area contributed by atoms with Crippen LogP contribution in [0.15, 0.2) is 66.7 Å². The van der Waals surface area contributed by atoms with Crippen molar-refractivity contribution >= 4 is 12.4 Å². The Hall–Kier alpha value is -2.69. The summed E-state index contributed by atoms with van der Waals surface area (Å²) < 4.78 is 18.2. The van der Waals surface area contributed by atoms with Crippen molar-refractivity contribution in [2.75, 3.05) is 27.2 Å². The summed E-state index contributed by atoms with van der Waals surface area (Å²) in [4.78, 5) is 2.40. The molecule has 3 aromatic carbocycles. The SMILES string of the molecule is COc1ccc2c(c1)Oc1c(OCc3ccccc3)cccc1C21CCN(C)CC1.Cl. The van der Waals surface area contributed by atoms with Crippen LogP contribution in [0.5, 0.6) is 23.0 Å². The number of para-hydroxylation sites is 1. The summed E-state index contributed by atoms with van der Waals surface area (Å²) in [5, 5.41) is 0. The lowest BCUT2D eigenvalue weighted by Crippen LogP contribution is -2.43. The van der Waals surface area contributed by atoms with Gasteiger partial charge in [-0.1, -0.05) is 48.5 Å². The van der Waals surface area contributed by atoms with Crippen molar-refractivity contribution in [3.8, 4) is 23.0 Å². The molecule has 0 unspecified atom stereocenters. The molecular weight excluding hydrogens is 410 g/mol. The standard InChI is InChI=1S/C26H27NO3.ClH/c1-27-15-13-26(14-16-27)21-12-11-20(28-2)17-24(21)30-25-22(26)9-6-10-23(25)29-18-19-7-4-3-5-8-19;/h3-12,17H,13-16,18H2,1-2H3;1H. The van der Waals surface area contributed by atoms with Crippen LogP contribution in [0.1, 0.15) is 29.5 Å². The maximum Gasteiger partial charge on any atom is 0.173 e. The van der Waals surface area contributed by atoms with Crippen LogP contribution in [-0.2, 0) is 12.0 Å². The molecule has 5 heteroatoms. The third-order valence-electron chi connectivity index (χ3n) is 6.49. The molecule has 1 fully saturated rings. The maximum atomic E-state index is 6.48. The molecule has 2 aliphatic heterocycles. The first-order valence-electron chi connectivity index (χ1n) is 10.5. The fraction of sp³-hybridized carbons (Fsp3) is 0.308. The van der Waals surface area contributed by atoms with Gasteiger partial charge in [0.1, 0.15) is 18.1 Å². The van der Waals surface area contributed by atoms with Crippen LogP contribution >= 0.6 is 12.4 Å². The zero-order chi connectivity index (χ0) is 20.6. The van der Waals surface area contributed by atoms with E-state index in [1.165, 1.54) is 11.1 Å². The molecule has 162 valence electrons. The van der Waals surface area contributed by atoms with Gasteiger partial charge in [-0.15, -0.1) is 12.4 Å². The fourth-order valence-electron chi connectivity index (χ4n) is 4.75. The first-order valence-corrected chi connectivity index (χ1v) is 10.5. The third kappa shape index (κ3) is 3.86. The van der Waals surface area contributed by atoms with Crippen molar-refractivity contribution in [3.05, 3.63) is 83.4 Å². The number of benzene rings is 3. The molecule has 0 saturated carbocycles. The summed E-state index contributed by atoms with van der Waals surface area (Å²) in [6, 6.07) is 22.8. The lowest BCUT2D eigenvalue weighted by Gasteiger charge is -2.45. The molecule has 2 heterocycles. The molecule has 0 bridgehead atoms. The van der Waals surface area contributed by atoms with Crippen molar-refractivity contribution < 1.29 is 14.2 Å². The monoisotopic (exact) mass is 437 g/mol. The highest BCUT2D eigenvalue weighted by atomic mass is 35.5. The van der Waals surface area contributed by atoms with Gasteiger partial charge in [-0.05, 0) is 50.7 Å². The van der Waals surface area contributed by atoms with Crippen LogP contribution in [0.3, 0.4) is 0 Å². The summed E-state index contributed by atoms with van der Waals surface area (Å²) in [7, 11) is 3.89. The van der Waals surface area contributed by atoms with Gasteiger partial charge < -0.3 is 19.1 Å². The van der Waals surface area contributed by atoms with Crippen LogP contribution in [0.25, 0.3) is 0 Å². The van der Waals surface area contributed by atoms with Crippen molar-refractivity contribution in [1.82, 2.24) is 4.90 Å². The van der Waals surface area contributed by atoms with E-state index in [-0.39, 0.29) is 17.8 Å². The van der Waals surface area contributed by atoms with E-state index < -0.39 is 0 Å². The first-order chi connectivity index (χ1) is 14.7. The molecular formula is C26H28ClNO3. The smallest absolute Gasteiger partial charge is 0.173 e. The van der Waals surface area contributed by atoms with Crippen molar-refractivity contribution in [2.45, 2.75) is 24.9 Å². The molecule has 0 atom stereocenters. The summed E-state index contributed by atoms with van der Waals surface area (Å²) in [5.74, 6) is 3.33. The Morgan fingerprint density at radius 3 is 2.45 bits per heavy atom. The van der Waals surface area contributed by atoms with E-state index in [1.807, 2.05) is 36.4 Å². The highest BCUT2D eigenvalue weighted by Crippen LogP contribution is 2.56. The maximum absolute atomic E-state index is 6.48. The van der Waals surface area contributed by atoms with Gasteiger partial charge in [-0.3, -0.25) is 0 Å². The zero-order valence-corrected chi connectivity index (χ0v) is 18.8. The molecule has 0 amide bonds. The largest absolute Gasteiger partial charge is 0.497 e. The Balaban J connectivity index is 0.00000231. The summed E-state index contributed by atoms with van der Waals surface area (Å²) in [6.07, 6.45) is 2.11. The number of hydrogen-bond acceptors (Lipinski definition) is 4. The van der Waals surface area contributed by atoms with E-state index in [1.54, 1.807) is 7.11 Å². The molecule has 31 heavy (non-hydrogen) atoms. The molecule has 4 nitrogen and oxygen atoms in total. The molecule has 1 saturated heterocycles. The average Bonchev–Trinajstić information content (AvgIpc) is 2.80. The number of methoxy groups -OCH3 is 1. The van der Waals surface area contributed by atoms with Gasteiger partial charge >= 0.3 is 0 Å². The van der Waals surface area contributed by atoms with Crippen molar-refractivity contribution in [1.29, 1.82) is 0 Å². The Kier molecular flexibility index (Phi) is 6.12. The summed E-state index contributed by atoms with van der Waals surface area (Å²) in [5.41, 5.74) is 3.57. The first kappa shape index (κ1) is 21.5. The van der Waals surface area contributed by atoms with Gasteiger partial charge in [0.25, 0.3) is 0 Å². The second kappa shape index (κ2) is 8.81. The number of likely N-dealkylation sites (tertiary alicyclic amines) is 1. The average molecular weight is 438 g/mol. The summed E-state index contributed by atoms with van der Waals surface area (Å²) >= 11 is 0. The Morgan fingerprint density at radius 1 is 0.935 bits per heavy atom.